The average molecular weight is 291 g/mol. The van der Waals surface area contributed by atoms with Crippen LogP contribution in [0, 0.1) is 0 Å². The lowest BCUT2D eigenvalue weighted by Gasteiger charge is -2.18. The van der Waals surface area contributed by atoms with E-state index >= 15 is 0 Å². The van der Waals surface area contributed by atoms with Gasteiger partial charge in [0.05, 0.1) is 23.9 Å². The maximum absolute atomic E-state index is 12.0. The van der Waals surface area contributed by atoms with Crippen LogP contribution in [-0.4, -0.2) is 45.6 Å². The Hall–Kier alpha value is -1.79. The van der Waals surface area contributed by atoms with Gasteiger partial charge in [-0.3, -0.25) is 9.78 Å². The van der Waals surface area contributed by atoms with Crippen molar-refractivity contribution in [3.63, 3.8) is 0 Å². The number of carbonyl (C=O) groups is 1. The van der Waals surface area contributed by atoms with Crippen LogP contribution >= 0.6 is 11.3 Å². The zero-order chi connectivity index (χ0) is 14.5. The van der Waals surface area contributed by atoms with Crippen LogP contribution in [-0.2, 0) is 11.2 Å². The number of aromatic nitrogens is 2. The number of carbonyl (C=O) groups excluding carboxylic acids is 1. The van der Waals surface area contributed by atoms with E-state index in [0.29, 0.717) is 6.54 Å². The number of likely N-dealkylation sites (N-methyl/N-ethyl adjacent to an activating group) is 1. The summed E-state index contributed by atoms with van der Waals surface area (Å²) in [6.45, 7) is 1.99. The average Bonchev–Trinajstić information content (AvgIpc) is 2.87. The van der Waals surface area contributed by atoms with Crippen molar-refractivity contribution in [3.8, 4) is 10.7 Å². The van der Waals surface area contributed by atoms with Gasteiger partial charge in [0.2, 0.25) is 5.91 Å². The van der Waals surface area contributed by atoms with Crippen LogP contribution in [0.15, 0.2) is 29.8 Å². The third-order valence-electron chi connectivity index (χ3n) is 2.73. The molecule has 20 heavy (non-hydrogen) atoms. The van der Waals surface area contributed by atoms with E-state index in [9.17, 15) is 9.90 Å². The molecule has 0 aliphatic heterocycles. The third-order valence-corrected chi connectivity index (χ3v) is 3.65. The van der Waals surface area contributed by atoms with Gasteiger partial charge in [-0.2, -0.15) is 0 Å². The van der Waals surface area contributed by atoms with Gasteiger partial charge in [0, 0.05) is 25.2 Å². The van der Waals surface area contributed by atoms with Crippen molar-refractivity contribution in [1.29, 1.82) is 0 Å². The Kier molecular flexibility index (Phi) is 4.81. The topological polar surface area (TPSA) is 66.3 Å². The molecule has 0 aliphatic rings. The van der Waals surface area contributed by atoms with Gasteiger partial charge in [-0.1, -0.05) is 6.07 Å². The Labute approximate surface area is 121 Å². The summed E-state index contributed by atoms with van der Waals surface area (Å²) < 4.78 is 0. The number of amides is 1. The molecular weight excluding hydrogens is 274 g/mol. The molecule has 0 saturated carbocycles. The second-order valence-electron chi connectivity index (χ2n) is 4.66. The van der Waals surface area contributed by atoms with Crippen LogP contribution in [0.2, 0.25) is 0 Å². The molecule has 2 aromatic rings. The predicted octanol–water partition coefficient (Wildman–Crippen LogP) is 1.59. The van der Waals surface area contributed by atoms with Gasteiger partial charge in [0.25, 0.3) is 0 Å². The maximum atomic E-state index is 12.0. The molecule has 0 spiro atoms. The highest BCUT2D eigenvalue weighted by molar-refractivity contribution is 7.13. The molecule has 0 fully saturated rings. The monoisotopic (exact) mass is 291 g/mol. The first-order chi connectivity index (χ1) is 9.56. The molecule has 106 valence electrons. The standard InChI is InChI=1S/C14H17N3O2S/c1-10(18)8-17(2)13(19)7-11-9-20-14(16-11)12-5-3-4-6-15-12/h3-6,9-10,18H,7-8H2,1-2H3. The summed E-state index contributed by atoms with van der Waals surface area (Å²) in [5.74, 6) is -0.0521. The zero-order valence-electron chi connectivity index (χ0n) is 11.5. The smallest absolute Gasteiger partial charge is 0.228 e. The molecule has 0 saturated heterocycles. The predicted molar refractivity (Wildman–Crippen MR) is 78.4 cm³/mol. The van der Waals surface area contributed by atoms with Gasteiger partial charge >= 0.3 is 0 Å². The lowest BCUT2D eigenvalue weighted by atomic mass is 10.3. The molecule has 0 bridgehead atoms. The SMILES string of the molecule is CC(O)CN(C)C(=O)Cc1csc(-c2ccccn2)n1. The van der Waals surface area contributed by atoms with Crippen molar-refractivity contribution in [3.05, 3.63) is 35.5 Å². The van der Waals surface area contributed by atoms with Gasteiger partial charge in [-0.15, -0.1) is 11.3 Å². The minimum Gasteiger partial charge on any atom is -0.392 e. The lowest BCUT2D eigenvalue weighted by molar-refractivity contribution is -0.130. The van der Waals surface area contributed by atoms with Gasteiger partial charge in [-0.05, 0) is 19.1 Å². The van der Waals surface area contributed by atoms with Gasteiger partial charge in [0.15, 0.2) is 0 Å². The highest BCUT2D eigenvalue weighted by atomic mass is 32.1. The Bertz CT molecular complexity index is 569. The molecule has 1 atom stereocenters. The molecule has 6 heteroatoms. The molecule has 5 nitrogen and oxygen atoms in total. The van der Waals surface area contributed by atoms with E-state index in [2.05, 4.69) is 9.97 Å². The van der Waals surface area contributed by atoms with E-state index < -0.39 is 6.10 Å². The number of aliphatic hydroxyl groups excluding tert-OH is 1. The van der Waals surface area contributed by atoms with E-state index in [1.807, 2.05) is 23.6 Å². The zero-order valence-corrected chi connectivity index (χ0v) is 12.3. The largest absolute Gasteiger partial charge is 0.392 e. The molecule has 2 aromatic heterocycles. The highest BCUT2D eigenvalue weighted by Crippen LogP contribution is 2.21. The molecule has 0 aromatic carbocycles. The molecule has 1 unspecified atom stereocenters. The molecule has 0 radical (unpaired) electrons. The molecule has 2 heterocycles. The Morgan fingerprint density at radius 3 is 2.95 bits per heavy atom. The number of hydrogen-bond donors (Lipinski definition) is 1. The Balaban J connectivity index is 2.01. The minimum atomic E-state index is -0.525. The number of hydrogen-bond acceptors (Lipinski definition) is 5. The Morgan fingerprint density at radius 2 is 2.30 bits per heavy atom. The van der Waals surface area contributed by atoms with E-state index in [1.54, 1.807) is 20.2 Å². The van der Waals surface area contributed by atoms with Crippen LogP contribution in [0.5, 0.6) is 0 Å². The van der Waals surface area contributed by atoms with Crippen molar-refractivity contribution in [1.82, 2.24) is 14.9 Å². The Morgan fingerprint density at radius 1 is 1.50 bits per heavy atom. The third kappa shape index (κ3) is 3.85. The number of pyridine rings is 1. The molecular formula is C14H17N3O2S. The first-order valence-corrected chi connectivity index (χ1v) is 7.22. The second kappa shape index (κ2) is 6.58. The maximum Gasteiger partial charge on any atom is 0.228 e. The normalized spacial score (nSPS) is 12.2. The first kappa shape index (κ1) is 14.6. The molecule has 1 amide bonds. The quantitative estimate of drug-likeness (QED) is 0.908. The summed E-state index contributed by atoms with van der Waals surface area (Å²) in [4.78, 5) is 22.1. The van der Waals surface area contributed by atoms with Crippen molar-refractivity contribution in [2.45, 2.75) is 19.4 Å². The summed E-state index contributed by atoms with van der Waals surface area (Å²) in [5, 5.41) is 12.0. The van der Waals surface area contributed by atoms with Gasteiger partial charge < -0.3 is 10.0 Å². The molecule has 0 aliphatic carbocycles. The summed E-state index contributed by atoms with van der Waals surface area (Å²) >= 11 is 1.48. The van der Waals surface area contributed by atoms with Crippen molar-refractivity contribution in [2.75, 3.05) is 13.6 Å². The first-order valence-electron chi connectivity index (χ1n) is 6.34. The molecule has 1 N–H and O–H groups in total. The minimum absolute atomic E-state index is 0.0521. The van der Waals surface area contributed by atoms with Crippen LogP contribution in [0.3, 0.4) is 0 Å². The fourth-order valence-corrected chi connectivity index (χ4v) is 2.58. The van der Waals surface area contributed by atoms with Crippen molar-refractivity contribution in [2.24, 2.45) is 0 Å². The van der Waals surface area contributed by atoms with Crippen molar-refractivity contribution >= 4 is 17.2 Å². The van der Waals surface area contributed by atoms with Crippen LogP contribution in [0.25, 0.3) is 10.7 Å². The van der Waals surface area contributed by atoms with E-state index in [1.165, 1.54) is 16.2 Å². The van der Waals surface area contributed by atoms with Crippen LogP contribution in [0.4, 0.5) is 0 Å². The summed E-state index contributed by atoms with van der Waals surface area (Å²) in [5.41, 5.74) is 1.55. The number of aliphatic hydroxyl groups is 1. The van der Waals surface area contributed by atoms with Crippen LogP contribution in [0.1, 0.15) is 12.6 Å². The van der Waals surface area contributed by atoms with E-state index in [-0.39, 0.29) is 12.3 Å². The number of thiazole rings is 1. The summed E-state index contributed by atoms with van der Waals surface area (Å²) in [6, 6.07) is 5.65. The number of rotatable bonds is 5. The second-order valence-corrected chi connectivity index (χ2v) is 5.52. The van der Waals surface area contributed by atoms with Crippen molar-refractivity contribution < 1.29 is 9.90 Å². The molecule has 2 rings (SSSR count). The summed E-state index contributed by atoms with van der Waals surface area (Å²) in [6.07, 6.45) is 1.44. The van der Waals surface area contributed by atoms with E-state index in [4.69, 9.17) is 0 Å². The fraction of sp³-hybridized carbons (Fsp3) is 0.357. The lowest BCUT2D eigenvalue weighted by Crippen LogP contribution is -2.34. The summed E-state index contributed by atoms with van der Waals surface area (Å²) in [7, 11) is 1.68. The van der Waals surface area contributed by atoms with Gasteiger partial charge in [-0.25, -0.2) is 4.98 Å². The number of nitrogens with zero attached hydrogens (tertiary/aromatic N) is 3. The highest BCUT2D eigenvalue weighted by Gasteiger charge is 2.14. The fourth-order valence-electron chi connectivity index (χ4n) is 1.78. The van der Waals surface area contributed by atoms with Gasteiger partial charge in [0.1, 0.15) is 5.01 Å². The van der Waals surface area contributed by atoms with E-state index in [0.717, 1.165) is 16.4 Å². The van der Waals surface area contributed by atoms with Crippen LogP contribution < -0.4 is 0 Å².